The van der Waals surface area contributed by atoms with Crippen LogP contribution in [0.4, 0.5) is 0 Å². The fraction of sp³-hybridized carbons (Fsp3) is 0.385. The molecule has 1 aliphatic rings. The highest BCUT2D eigenvalue weighted by molar-refractivity contribution is 7.92. The van der Waals surface area contributed by atoms with Gasteiger partial charge in [-0.1, -0.05) is 30.3 Å². The molecule has 21 heavy (non-hydrogen) atoms. The molecule has 2 rings (SSSR count). The van der Waals surface area contributed by atoms with Crippen molar-refractivity contribution in [3.63, 3.8) is 0 Å². The molecular weight excluding hydrogens is 312 g/mol. The van der Waals surface area contributed by atoms with Crippen molar-refractivity contribution in [2.24, 2.45) is 0 Å². The molecule has 0 unspecified atom stereocenters. The van der Waals surface area contributed by atoms with Gasteiger partial charge in [-0.2, -0.15) is 8.61 Å². The normalized spacial score (nSPS) is 19.1. The van der Waals surface area contributed by atoms with Crippen molar-refractivity contribution in [2.75, 3.05) is 32.4 Å². The topological polar surface area (TPSA) is 74.8 Å². The van der Waals surface area contributed by atoms with Crippen LogP contribution >= 0.6 is 0 Å². The Morgan fingerprint density at radius 2 is 1.43 bits per heavy atom. The van der Waals surface area contributed by atoms with Gasteiger partial charge >= 0.3 is 0 Å². The molecule has 1 aliphatic heterocycles. The van der Waals surface area contributed by atoms with Gasteiger partial charge in [-0.3, -0.25) is 0 Å². The Kier molecular flexibility index (Phi) is 4.82. The number of nitrogens with zero attached hydrogens (tertiary/aromatic N) is 2. The van der Waals surface area contributed by atoms with Crippen molar-refractivity contribution in [3.05, 3.63) is 41.3 Å². The van der Waals surface area contributed by atoms with Crippen LogP contribution in [0.15, 0.2) is 35.7 Å². The van der Waals surface area contributed by atoms with E-state index >= 15 is 0 Å². The summed E-state index contributed by atoms with van der Waals surface area (Å²) in [5.74, 6) is 0. The van der Waals surface area contributed by atoms with Crippen LogP contribution in [0.25, 0.3) is 6.08 Å². The van der Waals surface area contributed by atoms with Crippen LogP contribution < -0.4 is 0 Å². The lowest BCUT2D eigenvalue weighted by molar-refractivity contribution is 0.276. The van der Waals surface area contributed by atoms with Crippen LogP contribution in [-0.2, 0) is 20.0 Å². The van der Waals surface area contributed by atoms with Crippen molar-refractivity contribution in [2.45, 2.75) is 0 Å². The zero-order valence-corrected chi connectivity index (χ0v) is 13.3. The minimum absolute atomic E-state index is 0.175. The Morgan fingerprint density at radius 1 is 0.905 bits per heavy atom. The maximum atomic E-state index is 12.2. The van der Waals surface area contributed by atoms with Gasteiger partial charge in [0.05, 0.1) is 6.26 Å². The van der Waals surface area contributed by atoms with Crippen molar-refractivity contribution < 1.29 is 16.8 Å². The van der Waals surface area contributed by atoms with Crippen LogP contribution in [0.1, 0.15) is 5.56 Å². The molecule has 6 nitrogen and oxygen atoms in total. The number of hydrogen-bond acceptors (Lipinski definition) is 4. The third kappa shape index (κ3) is 4.37. The molecule has 1 heterocycles. The van der Waals surface area contributed by atoms with E-state index in [0.717, 1.165) is 11.8 Å². The summed E-state index contributed by atoms with van der Waals surface area (Å²) < 4.78 is 49.8. The Balaban J connectivity index is 2.04. The van der Waals surface area contributed by atoms with Crippen LogP contribution in [-0.4, -0.2) is 57.9 Å². The van der Waals surface area contributed by atoms with Crippen molar-refractivity contribution in [1.29, 1.82) is 0 Å². The largest absolute Gasteiger partial charge is 0.236 e. The molecule has 0 spiro atoms. The number of rotatable bonds is 4. The minimum Gasteiger partial charge on any atom is -0.213 e. The molecule has 1 saturated heterocycles. The first-order valence-electron chi connectivity index (χ1n) is 6.47. The highest BCUT2D eigenvalue weighted by Crippen LogP contribution is 2.13. The Hall–Kier alpha value is -1.22. The van der Waals surface area contributed by atoms with Gasteiger partial charge in [-0.15, -0.1) is 0 Å². The summed E-state index contributed by atoms with van der Waals surface area (Å²) in [6.45, 7) is 0.734. The van der Waals surface area contributed by atoms with E-state index in [1.54, 1.807) is 0 Å². The maximum Gasteiger partial charge on any atom is 0.236 e. The summed E-state index contributed by atoms with van der Waals surface area (Å²) in [4.78, 5) is 0. The predicted molar refractivity (Wildman–Crippen MR) is 82.4 cm³/mol. The zero-order chi connectivity index (χ0) is 15.5. The molecule has 8 heteroatoms. The number of benzene rings is 1. The first kappa shape index (κ1) is 16.2. The van der Waals surface area contributed by atoms with E-state index in [1.165, 1.54) is 20.1 Å². The number of piperazine rings is 1. The van der Waals surface area contributed by atoms with E-state index < -0.39 is 20.0 Å². The number of sulfonamides is 2. The van der Waals surface area contributed by atoms with Gasteiger partial charge in [-0.25, -0.2) is 16.8 Å². The molecular formula is C13H18N2O4S2. The van der Waals surface area contributed by atoms with Gasteiger partial charge in [0.25, 0.3) is 0 Å². The average Bonchev–Trinajstić information content (AvgIpc) is 2.46. The van der Waals surface area contributed by atoms with E-state index in [9.17, 15) is 16.8 Å². The SMILES string of the molecule is CS(=O)(=O)N1CCN(S(=O)(=O)C=Cc2ccccc2)CC1. The van der Waals surface area contributed by atoms with Gasteiger partial charge < -0.3 is 0 Å². The Bertz CT molecular complexity index is 704. The second kappa shape index (κ2) is 6.27. The van der Waals surface area contributed by atoms with E-state index in [0.29, 0.717) is 0 Å². The van der Waals surface area contributed by atoms with E-state index in [4.69, 9.17) is 0 Å². The monoisotopic (exact) mass is 330 g/mol. The van der Waals surface area contributed by atoms with E-state index in [1.807, 2.05) is 30.3 Å². The first-order valence-corrected chi connectivity index (χ1v) is 9.82. The molecule has 0 amide bonds. The Morgan fingerprint density at radius 3 is 1.95 bits per heavy atom. The van der Waals surface area contributed by atoms with Crippen LogP contribution in [0.5, 0.6) is 0 Å². The Labute approximate surface area is 125 Å². The van der Waals surface area contributed by atoms with Gasteiger partial charge in [0.15, 0.2) is 0 Å². The highest BCUT2D eigenvalue weighted by atomic mass is 32.2. The third-order valence-corrected chi connectivity index (χ3v) is 6.13. The van der Waals surface area contributed by atoms with Crippen molar-refractivity contribution >= 4 is 26.1 Å². The molecule has 0 aromatic heterocycles. The summed E-state index contributed by atoms with van der Waals surface area (Å²) >= 11 is 0. The molecule has 0 N–H and O–H groups in total. The van der Waals surface area contributed by atoms with Crippen LogP contribution in [0.2, 0.25) is 0 Å². The summed E-state index contributed by atoms with van der Waals surface area (Å²) in [7, 11) is -6.78. The molecule has 1 aromatic rings. The molecule has 1 aromatic carbocycles. The van der Waals surface area contributed by atoms with E-state index in [2.05, 4.69) is 0 Å². The minimum atomic E-state index is -3.52. The van der Waals surface area contributed by atoms with E-state index in [-0.39, 0.29) is 26.2 Å². The fourth-order valence-electron chi connectivity index (χ4n) is 2.07. The molecule has 0 aliphatic carbocycles. The smallest absolute Gasteiger partial charge is 0.213 e. The first-order chi connectivity index (χ1) is 9.79. The van der Waals surface area contributed by atoms with Gasteiger partial charge in [0.1, 0.15) is 0 Å². The zero-order valence-electron chi connectivity index (χ0n) is 11.7. The average molecular weight is 330 g/mol. The standard InChI is InChI=1S/C13H18N2O4S2/c1-20(16,17)14-8-10-15(11-9-14)21(18,19)12-7-13-5-3-2-4-6-13/h2-7,12H,8-11H2,1H3. The molecule has 0 radical (unpaired) electrons. The molecule has 1 fully saturated rings. The lowest BCUT2D eigenvalue weighted by atomic mass is 10.2. The summed E-state index contributed by atoms with van der Waals surface area (Å²) in [5, 5.41) is 1.17. The van der Waals surface area contributed by atoms with Gasteiger partial charge in [0, 0.05) is 31.6 Å². The fourth-order valence-corrected chi connectivity index (χ4v) is 4.07. The number of hydrogen-bond donors (Lipinski definition) is 0. The van der Waals surface area contributed by atoms with Gasteiger partial charge in [0.2, 0.25) is 20.0 Å². The van der Waals surface area contributed by atoms with Crippen LogP contribution in [0, 0.1) is 0 Å². The van der Waals surface area contributed by atoms with Crippen molar-refractivity contribution in [1.82, 2.24) is 8.61 Å². The van der Waals surface area contributed by atoms with Gasteiger partial charge in [-0.05, 0) is 11.6 Å². The quantitative estimate of drug-likeness (QED) is 0.809. The molecule has 0 atom stereocenters. The lowest BCUT2D eigenvalue weighted by Crippen LogP contribution is -2.49. The van der Waals surface area contributed by atoms with Crippen LogP contribution in [0.3, 0.4) is 0 Å². The second-order valence-electron chi connectivity index (χ2n) is 4.82. The predicted octanol–water partition coefficient (Wildman–Crippen LogP) is 0.564. The second-order valence-corrected chi connectivity index (χ2v) is 8.62. The van der Waals surface area contributed by atoms with Crippen molar-refractivity contribution in [3.8, 4) is 0 Å². The lowest BCUT2D eigenvalue weighted by Gasteiger charge is -2.31. The summed E-state index contributed by atoms with van der Waals surface area (Å²) in [5.41, 5.74) is 0.802. The summed E-state index contributed by atoms with van der Waals surface area (Å²) in [6.07, 6.45) is 2.67. The molecule has 116 valence electrons. The molecule has 0 bridgehead atoms. The molecule has 0 saturated carbocycles. The third-order valence-electron chi connectivity index (χ3n) is 3.26. The summed E-state index contributed by atoms with van der Waals surface area (Å²) in [6, 6.07) is 9.14. The maximum absolute atomic E-state index is 12.2. The highest BCUT2D eigenvalue weighted by Gasteiger charge is 2.28.